The molecule has 1 amide bonds. The van der Waals surface area contributed by atoms with Crippen LogP contribution in [0.2, 0.25) is 0 Å². The number of anilines is 1. The van der Waals surface area contributed by atoms with Crippen molar-refractivity contribution in [2.24, 2.45) is 0 Å². The summed E-state index contributed by atoms with van der Waals surface area (Å²) in [5, 5.41) is 14.8. The fourth-order valence-corrected chi connectivity index (χ4v) is 5.68. The Morgan fingerprint density at radius 3 is 2.77 bits per heavy atom. The van der Waals surface area contributed by atoms with Crippen LogP contribution < -0.4 is 15.0 Å². The molecule has 0 bridgehead atoms. The van der Waals surface area contributed by atoms with E-state index < -0.39 is 11.7 Å². The van der Waals surface area contributed by atoms with Gasteiger partial charge in [-0.3, -0.25) is 9.69 Å². The van der Waals surface area contributed by atoms with E-state index in [1.165, 1.54) is 16.5 Å². The van der Waals surface area contributed by atoms with Gasteiger partial charge in [0, 0.05) is 35.6 Å². The Morgan fingerprint density at radius 1 is 1.13 bits per heavy atom. The first-order chi connectivity index (χ1) is 19.1. The average Bonchev–Trinajstić information content (AvgIpc) is 3.75. The molecule has 5 heterocycles. The minimum atomic E-state index is -0.587. The van der Waals surface area contributed by atoms with Crippen LogP contribution in [-0.4, -0.2) is 52.2 Å². The molecule has 1 aromatic carbocycles. The van der Waals surface area contributed by atoms with E-state index in [2.05, 4.69) is 32.4 Å². The number of amides is 1. The second kappa shape index (κ2) is 9.59. The number of pyridine rings is 2. The Balaban J connectivity index is 1.31. The molecule has 0 unspecified atom stereocenters. The number of aliphatic hydroxyl groups is 1. The number of hydrogen-bond donors (Lipinski definition) is 3. The zero-order valence-corrected chi connectivity index (χ0v) is 21.3. The Morgan fingerprint density at radius 2 is 1.97 bits per heavy atom. The van der Waals surface area contributed by atoms with E-state index in [0.29, 0.717) is 17.3 Å². The largest absolute Gasteiger partial charge is 0.491 e. The van der Waals surface area contributed by atoms with Gasteiger partial charge in [-0.15, -0.1) is 0 Å². The molecule has 2 aliphatic heterocycles. The van der Waals surface area contributed by atoms with Crippen LogP contribution in [0.1, 0.15) is 52.4 Å². The van der Waals surface area contributed by atoms with E-state index in [1.807, 2.05) is 12.1 Å². The molecular formula is C30H28FN5O3. The van der Waals surface area contributed by atoms with Crippen molar-refractivity contribution >= 4 is 28.3 Å². The van der Waals surface area contributed by atoms with Crippen LogP contribution in [-0.2, 0) is 6.61 Å². The fraction of sp³-hybridized carbons (Fsp3) is 0.300. The molecule has 0 radical (unpaired) electrons. The Kier molecular flexibility index (Phi) is 5.90. The van der Waals surface area contributed by atoms with Gasteiger partial charge in [-0.05, 0) is 84.3 Å². The predicted molar refractivity (Wildman–Crippen MR) is 146 cm³/mol. The monoisotopic (exact) mass is 525 g/mol. The quantitative estimate of drug-likeness (QED) is 0.353. The summed E-state index contributed by atoms with van der Waals surface area (Å²) in [5.41, 5.74) is 5.86. The number of halogens is 1. The maximum absolute atomic E-state index is 15.3. The summed E-state index contributed by atoms with van der Waals surface area (Å²) in [7, 11) is 0. The van der Waals surface area contributed by atoms with Gasteiger partial charge in [-0.25, -0.2) is 14.4 Å². The normalized spacial score (nSPS) is 17.5. The fourth-order valence-electron chi connectivity index (χ4n) is 5.68. The Labute approximate surface area is 224 Å². The summed E-state index contributed by atoms with van der Waals surface area (Å²) in [5.74, 6) is -0.211. The van der Waals surface area contributed by atoms with Crippen molar-refractivity contribution in [3.8, 4) is 16.9 Å². The number of aromatic amines is 1. The number of nitrogens with zero attached hydrogens (tertiary/aromatic N) is 3. The number of hydrogen-bond acceptors (Lipinski definition) is 6. The first-order valence-electron chi connectivity index (χ1n) is 13.4. The highest BCUT2D eigenvalue weighted by Gasteiger charge is 2.33. The molecule has 39 heavy (non-hydrogen) atoms. The number of ether oxygens (including phenoxy) is 1. The summed E-state index contributed by atoms with van der Waals surface area (Å²) in [6, 6.07) is 9.06. The van der Waals surface area contributed by atoms with Crippen molar-refractivity contribution in [3.05, 3.63) is 77.0 Å². The molecule has 0 saturated heterocycles. The first kappa shape index (κ1) is 24.0. The molecule has 3 N–H and O–H groups in total. The van der Waals surface area contributed by atoms with Crippen molar-refractivity contribution in [3.63, 3.8) is 0 Å². The highest BCUT2D eigenvalue weighted by molar-refractivity contribution is 6.09. The van der Waals surface area contributed by atoms with E-state index in [9.17, 15) is 9.90 Å². The van der Waals surface area contributed by atoms with Gasteiger partial charge in [0.1, 0.15) is 35.2 Å². The van der Waals surface area contributed by atoms with Gasteiger partial charge in [-0.1, -0.05) is 6.08 Å². The molecule has 3 aromatic heterocycles. The number of carbonyl (C=O) groups excluding carboxylic acids is 1. The summed E-state index contributed by atoms with van der Waals surface area (Å²) < 4.78 is 21.1. The number of benzene rings is 1. The minimum absolute atomic E-state index is 0.0928. The van der Waals surface area contributed by atoms with E-state index in [4.69, 9.17) is 4.74 Å². The maximum Gasteiger partial charge on any atom is 0.266 e. The lowest BCUT2D eigenvalue weighted by Crippen LogP contribution is -2.34. The second-order valence-electron chi connectivity index (χ2n) is 10.3. The number of H-pyrrole nitrogens is 1. The van der Waals surface area contributed by atoms with Gasteiger partial charge in [0.25, 0.3) is 5.91 Å². The molecule has 0 spiro atoms. The van der Waals surface area contributed by atoms with E-state index >= 15 is 4.39 Å². The molecule has 8 nitrogen and oxygen atoms in total. The first-order valence-corrected chi connectivity index (χ1v) is 13.4. The van der Waals surface area contributed by atoms with Gasteiger partial charge in [0.15, 0.2) is 0 Å². The third-order valence-electron chi connectivity index (χ3n) is 7.84. The third-order valence-corrected chi connectivity index (χ3v) is 7.84. The molecule has 9 heteroatoms. The van der Waals surface area contributed by atoms with E-state index in [1.54, 1.807) is 18.5 Å². The van der Waals surface area contributed by atoms with Crippen LogP contribution >= 0.6 is 0 Å². The van der Waals surface area contributed by atoms with Gasteiger partial charge in [0.2, 0.25) is 0 Å². The minimum Gasteiger partial charge on any atom is -0.491 e. The number of fused-ring (bicyclic) bond motifs is 2. The maximum atomic E-state index is 15.3. The molecular weight excluding hydrogens is 497 g/mol. The molecule has 1 aliphatic carbocycles. The summed E-state index contributed by atoms with van der Waals surface area (Å²) in [6.45, 7) is 1.76. The lowest BCUT2D eigenvalue weighted by Gasteiger charge is -2.23. The van der Waals surface area contributed by atoms with Crippen molar-refractivity contribution < 1.29 is 19.0 Å². The number of rotatable bonds is 5. The predicted octanol–water partition coefficient (Wildman–Crippen LogP) is 4.55. The molecule has 1 fully saturated rings. The SMILES string of the molecule is O=C1c2c(F)cc(C3CC3)cc2OCCN1c1nccc(-c2ccnc3[nH]c(C4=CCNCC4)cc23)c1CO. The summed E-state index contributed by atoms with van der Waals surface area (Å²) in [6.07, 6.45) is 8.48. The average molecular weight is 526 g/mol. The number of carbonyl (C=O) groups is 1. The summed E-state index contributed by atoms with van der Waals surface area (Å²) >= 11 is 0. The van der Waals surface area contributed by atoms with E-state index in [0.717, 1.165) is 65.8 Å². The lowest BCUT2D eigenvalue weighted by molar-refractivity contribution is 0.0985. The second-order valence-corrected chi connectivity index (χ2v) is 10.3. The highest BCUT2D eigenvalue weighted by atomic mass is 19.1. The van der Waals surface area contributed by atoms with Crippen molar-refractivity contribution in [1.29, 1.82) is 0 Å². The molecule has 4 aromatic rings. The third kappa shape index (κ3) is 4.18. The molecule has 0 atom stereocenters. The molecule has 198 valence electrons. The van der Waals surface area contributed by atoms with Crippen molar-refractivity contribution in [1.82, 2.24) is 20.3 Å². The smallest absolute Gasteiger partial charge is 0.266 e. The molecule has 3 aliphatic rings. The highest BCUT2D eigenvalue weighted by Crippen LogP contribution is 2.43. The van der Waals surface area contributed by atoms with Gasteiger partial charge in [0.05, 0.1) is 13.2 Å². The zero-order chi connectivity index (χ0) is 26.5. The van der Waals surface area contributed by atoms with Crippen molar-refractivity contribution in [2.45, 2.75) is 31.8 Å². The van der Waals surface area contributed by atoms with Crippen LogP contribution in [0.3, 0.4) is 0 Å². The van der Waals surface area contributed by atoms with Crippen LogP contribution in [0.4, 0.5) is 10.2 Å². The van der Waals surface area contributed by atoms with Crippen LogP contribution in [0.15, 0.2) is 48.8 Å². The standard InChI is InChI=1S/C30H28FN5O3/c31-24-13-19(17-1-2-17)14-26-27(24)30(38)36(11-12-39-26)29-23(16-37)21(6-10-34-29)20-5-9-33-28-22(20)15-25(35-28)18-3-7-32-8-4-18/h3,5-6,9-10,13-15,17,32,37H,1-2,4,7-8,11-12,16H2,(H,33,35). The van der Waals surface area contributed by atoms with E-state index in [-0.39, 0.29) is 31.1 Å². The van der Waals surface area contributed by atoms with Gasteiger partial charge in [-0.2, -0.15) is 0 Å². The molecule has 1 saturated carbocycles. The number of aromatic nitrogens is 3. The Bertz CT molecular complexity index is 1640. The van der Waals surface area contributed by atoms with Gasteiger partial charge < -0.3 is 20.1 Å². The lowest BCUT2D eigenvalue weighted by atomic mass is 9.98. The van der Waals surface area contributed by atoms with Gasteiger partial charge >= 0.3 is 0 Å². The molecule has 7 rings (SSSR count). The zero-order valence-electron chi connectivity index (χ0n) is 21.3. The van der Waals surface area contributed by atoms with Crippen LogP contribution in [0, 0.1) is 5.82 Å². The van der Waals surface area contributed by atoms with Crippen LogP contribution in [0.5, 0.6) is 5.75 Å². The van der Waals surface area contributed by atoms with Crippen LogP contribution in [0.25, 0.3) is 27.7 Å². The van der Waals surface area contributed by atoms with Crippen molar-refractivity contribution in [2.75, 3.05) is 31.1 Å². The topological polar surface area (TPSA) is 103 Å². The number of nitrogens with one attached hydrogen (secondary N) is 2. The summed E-state index contributed by atoms with van der Waals surface area (Å²) in [4.78, 5) is 27.6. The number of aliphatic hydroxyl groups excluding tert-OH is 1. The Hall–Kier alpha value is -4.08.